The van der Waals surface area contributed by atoms with E-state index in [9.17, 15) is 0 Å². The summed E-state index contributed by atoms with van der Waals surface area (Å²) in [6.07, 6.45) is 6.17. The van der Waals surface area contributed by atoms with E-state index in [1.807, 2.05) is 11.0 Å². The summed E-state index contributed by atoms with van der Waals surface area (Å²) in [6, 6.07) is 0. The van der Waals surface area contributed by atoms with Crippen molar-refractivity contribution in [3.05, 3.63) is 36.3 Å². The summed E-state index contributed by atoms with van der Waals surface area (Å²) in [5.74, 6) is 2.26. The zero-order chi connectivity index (χ0) is 9.42. The predicted molar refractivity (Wildman–Crippen MR) is 53.6 cm³/mol. The van der Waals surface area contributed by atoms with Crippen LogP contribution in [0.1, 0.15) is 13.8 Å². The third-order valence-electron chi connectivity index (χ3n) is 2.21. The van der Waals surface area contributed by atoms with Crippen LogP contribution in [-0.2, 0) is 0 Å². The fraction of sp³-hybridized carbons (Fsp3) is 0.300. The van der Waals surface area contributed by atoms with Gasteiger partial charge < -0.3 is 0 Å². The molecule has 0 spiro atoms. The number of hydrazone groups is 1. The lowest BCUT2D eigenvalue weighted by atomic mass is 10.0. The second-order valence-electron chi connectivity index (χ2n) is 3.52. The summed E-state index contributed by atoms with van der Waals surface area (Å²) >= 11 is 0. The summed E-state index contributed by atoms with van der Waals surface area (Å²) in [4.78, 5) is 1.97. The molecule has 2 aliphatic heterocycles. The van der Waals surface area contributed by atoms with Gasteiger partial charge in [-0.25, -0.2) is 0 Å². The maximum Gasteiger partial charge on any atom is 0.158 e. The Hall–Kier alpha value is -1.51. The van der Waals surface area contributed by atoms with Gasteiger partial charge in [0, 0.05) is 6.20 Å². The van der Waals surface area contributed by atoms with Crippen LogP contribution in [0.5, 0.6) is 0 Å². The molecule has 0 aliphatic carbocycles. The molecule has 3 nitrogen and oxygen atoms in total. The summed E-state index contributed by atoms with van der Waals surface area (Å²) in [5, 5.41) is 4.09. The standard InChI is InChI=1S/C10H13N3/c1-7(2)9-4-5-10-12-11-8(3)13(10)6-9/h4-7,11H,3H2,1-2H3. The van der Waals surface area contributed by atoms with Crippen molar-refractivity contribution in [2.75, 3.05) is 0 Å². The van der Waals surface area contributed by atoms with Crippen LogP contribution in [0.15, 0.2) is 41.4 Å². The minimum atomic E-state index is 0.534. The molecule has 0 aromatic heterocycles. The van der Waals surface area contributed by atoms with Gasteiger partial charge in [0.25, 0.3) is 0 Å². The van der Waals surface area contributed by atoms with Crippen LogP contribution in [0.2, 0.25) is 0 Å². The molecule has 0 fully saturated rings. The SMILES string of the molecule is C=C1NN=C2C=CC(C(C)C)=CN12. The smallest absolute Gasteiger partial charge is 0.158 e. The first kappa shape index (κ1) is 8.10. The molecular formula is C10H13N3. The van der Waals surface area contributed by atoms with Crippen molar-refractivity contribution in [3.63, 3.8) is 0 Å². The molecule has 1 N–H and O–H groups in total. The average Bonchev–Trinajstić information content (AvgIpc) is 2.47. The average molecular weight is 175 g/mol. The highest BCUT2D eigenvalue weighted by atomic mass is 15.5. The monoisotopic (exact) mass is 175 g/mol. The summed E-state index contributed by atoms with van der Waals surface area (Å²) < 4.78 is 0. The van der Waals surface area contributed by atoms with Crippen molar-refractivity contribution < 1.29 is 0 Å². The van der Waals surface area contributed by atoms with E-state index in [1.54, 1.807) is 0 Å². The second-order valence-corrected chi connectivity index (χ2v) is 3.52. The number of amidine groups is 1. The van der Waals surface area contributed by atoms with Crippen molar-refractivity contribution in [1.29, 1.82) is 0 Å². The number of hydrogen-bond acceptors (Lipinski definition) is 3. The molecular weight excluding hydrogens is 162 g/mol. The molecule has 0 atom stereocenters. The van der Waals surface area contributed by atoms with Gasteiger partial charge >= 0.3 is 0 Å². The minimum absolute atomic E-state index is 0.534. The Morgan fingerprint density at radius 1 is 1.46 bits per heavy atom. The summed E-state index contributed by atoms with van der Waals surface area (Å²) in [7, 11) is 0. The topological polar surface area (TPSA) is 27.6 Å². The molecule has 0 bridgehead atoms. The van der Waals surface area contributed by atoms with Crippen LogP contribution >= 0.6 is 0 Å². The second kappa shape index (κ2) is 2.76. The van der Waals surface area contributed by atoms with Gasteiger partial charge in [0.05, 0.1) is 0 Å². The predicted octanol–water partition coefficient (Wildman–Crippen LogP) is 1.79. The first-order valence-electron chi connectivity index (χ1n) is 4.40. The Bertz CT molecular complexity index is 334. The van der Waals surface area contributed by atoms with Crippen LogP contribution in [0.4, 0.5) is 0 Å². The molecule has 68 valence electrons. The molecule has 2 aliphatic rings. The van der Waals surface area contributed by atoms with Crippen molar-refractivity contribution in [3.8, 4) is 0 Å². The van der Waals surface area contributed by atoms with Crippen molar-refractivity contribution in [1.82, 2.24) is 10.3 Å². The fourth-order valence-corrected chi connectivity index (χ4v) is 1.33. The number of rotatable bonds is 1. The third-order valence-corrected chi connectivity index (χ3v) is 2.21. The number of fused-ring (bicyclic) bond motifs is 1. The zero-order valence-corrected chi connectivity index (χ0v) is 7.91. The van der Waals surface area contributed by atoms with E-state index in [0.29, 0.717) is 5.92 Å². The zero-order valence-electron chi connectivity index (χ0n) is 7.91. The fourth-order valence-electron chi connectivity index (χ4n) is 1.33. The number of hydrogen-bond donors (Lipinski definition) is 1. The van der Waals surface area contributed by atoms with Crippen LogP contribution in [0.25, 0.3) is 0 Å². The molecule has 2 heterocycles. The lowest BCUT2D eigenvalue weighted by molar-refractivity contribution is 0.646. The highest BCUT2D eigenvalue weighted by molar-refractivity contribution is 5.97. The number of nitrogens with one attached hydrogen (secondary N) is 1. The van der Waals surface area contributed by atoms with E-state index in [2.05, 4.69) is 43.2 Å². The Labute approximate surface area is 78.1 Å². The molecule has 3 heteroatoms. The Morgan fingerprint density at radius 3 is 2.92 bits per heavy atom. The molecule has 13 heavy (non-hydrogen) atoms. The highest BCUT2D eigenvalue weighted by Gasteiger charge is 2.20. The van der Waals surface area contributed by atoms with Gasteiger partial charge in [0.2, 0.25) is 0 Å². The molecule has 2 rings (SSSR count). The molecule has 0 amide bonds. The van der Waals surface area contributed by atoms with Crippen molar-refractivity contribution in [2.24, 2.45) is 11.0 Å². The van der Waals surface area contributed by atoms with E-state index < -0.39 is 0 Å². The summed E-state index contributed by atoms with van der Waals surface area (Å²) in [5.41, 5.74) is 4.14. The maximum atomic E-state index is 4.09. The number of allylic oxidation sites excluding steroid dienone is 2. The first-order chi connectivity index (χ1) is 6.18. The molecule has 0 saturated heterocycles. The molecule has 0 unspecified atom stereocenters. The lowest BCUT2D eigenvalue weighted by Crippen LogP contribution is -2.23. The van der Waals surface area contributed by atoms with Crippen LogP contribution in [0.3, 0.4) is 0 Å². The van der Waals surface area contributed by atoms with Gasteiger partial charge in [-0.05, 0) is 17.6 Å². The maximum absolute atomic E-state index is 4.09. The van der Waals surface area contributed by atoms with Crippen LogP contribution in [-0.4, -0.2) is 10.7 Å². The Morgan fingerprint density at radius 2 is 2.23 bits per heavy atom. The van der Waals surface area contributed by atoms with Crippen LogP contribution in [0, 0.1) is 5.92 Å². The highest BCUT2D eigenvalue weighted by Crippen LogP contribution is 2.21. The van der Waals surface area contributed by atoms with E-state index >= 15 is 0 Å². The quantitative estimate of drug-likeness (QED) is 0.658. The Balaban J connectivity index is 2.31. The van der Waals surface area contributed by atoms with Gasteiger partial charge in [0.1, 0.15) is 5.82 Å². The van der Waals surface area contributed by atoms with Crippen molar-refractivity contribution in [2.45, 2.75) is 13.8 Å². The Kier molecular flexibility index (Phi) is 1.72. The molecule has 0 radical (unpaired) electrons. The van der Waals surface area contributed by atoms with Gasteiger partial charge in [-0.15, -0.1) is 0 Å². The van der Waals surface area contributed by atoms with E-state index in [4.69, 9.17) is 0 Å². The number of nitrogens with zero attached hydrogens (tertiary/aromatic N) is 2. The largest absolute Gasteiger partial charge is 0.285 e. The van der Waals surface area contributed by atoms with Gasteiger partial charge in [-0.2, -0.15) is 5.10 Å². The minimum Gasteiger partial charge on any atom is -0.285 e. The lowest BCUT2D eigenvalue weighted by Gasteiger charge is -2.20. The van der Waals surface area contributed by atoms with Gasteiger partial charge in [0.15, 0.2) is 5.84 Å². The van der Waals surface area contributed by atoms with Gasteiger partial charge in [-0.3, -0.25) is 10.3 Å². The van der Waals surface area contributed by atoms with E-state index in [0.717, 1.165) is 11.7 Å². The van der Waals surface area contributed by atoms with E-state index in [-0.39, 0.29) is 0 Å². The molecule has 0 saturated carbocycles. The molecule has 0 aromatic rings. The summed E-state index contributed by atoms with van der Waals surface area (Å²) in [6.45, 7) is 8.20. The molecule has 0 aromatic carbocycles. The van der Waals surface area contributed by atoms with Crippen molar-refractivity contribution >= 4 is 5.84 Å². The first-order valence-corrected chi connectivity index (χ1v) is 4.40. The normalized spacial score (nSPS) is 19.9. The van der Waals surface area contributed by atoms with E-state index in [1.165, 1.54) is 5.57 Å². The van der Waals surface area contributed by atoms with Crippen LogP contribution < -0.4 is 5.43 Å². The van der Waals surface area contributed by atoms with Gasteiger partial charge in [-0.1, -0.05) is 26.5 Å². The third kappa shape index (κ3) is 1.26.